The van der Waals surface area contributed by atoms with E-state index >= 15 is 0 Å². The molecule has 0 saturated heterocycles. The zero-order chi connectivity index (χ0) is 14.6. The molecule has 5 nitrogen and oxygen atoms in total. The zero-order valence-corrected chi connectivity index (χ0v) is 12.3. The molecule has 20 heavy (non-hydrogen) atoms. The average molecular weight is 291 g/mol. The molecule has 0 radical (unpaired) electrons. The van der Waals surface area contributed by atoms with Crippen molar-refractivity contribution in [1.29, 1.82) is 0 Å². The summed E-state index contributed by atoms with van der Waals surface area (Å²) in [6, 6.07) is 7.37. The fourth-order valence-electron chi connectivity index (χ4n) is 1.69. The van der Waals surface area contributed by atoms with Crippen LogP contribution in [0.2, 0.25) is 0 Å². The Bertz CT molecular complexity index is 670. The van der Waals surface area contributed by atoms with E-state index in [4.69, 9.17) is 0 Å². The van der Waals surface area contributed by atoms with Crippen LogP contribution in [-0.2, 0) is 16.6 Å². The summed E-state index contributed by atoms with van der Waals surface area (Å²) in [5, 5.41) is -0.457. The predicted molar refractivity (Wildman–Crippen MR) is 78.4 cm³/mol. The van der Waals surface area contributed by atoms with Crippen molar-refractivity contribution in [3.8, 4) is 11.3 Å². The summed E-state index contributed by atoms with van der Waals surface area (Å²) >= 11 is 0. The Hall–Kier alpha value is -1.79. The first kappa shape index (κ1) is 14.6. The van der Waals surface area contributed by atoms with E-state index < -0.39 is 15.3 Å². The van der Waals surface area contributed by atoms with Gasteiger partial charge in [0.2, 0.25) is 10.0 Å². The lowest BCUT2D eigenvalue weighted by atomic mass is 10.1. The van der Waals surface area contributed by atoms with Gasteiger partial charge in [-0.2, -0.15) is 0 Å². The second-order valence-electron chi connectivity index (χ2n) is 4.67. The Morgan fingerprint density at radius 2 is 1.95 bits per heavy atom. The van der Waals surface area contributed by atoms with Gasteiger partial charge in [0.05, 0.1) is 10.9 Å². The molecule has 1 N–H and O–H groups in total. The molecule has 0 bridgehead atoms. The van der Waals surface area contributed by atoms with E-state index in [1.165, 1.54) is 0 Å². The number of aromatic nitrogens is 2. The van der Waals surface area contributed by atoms with Gasteiger partial charge < -0.3 is 0 Å². The van der Waals surface area contributed by atoms with E-state index in [0.29, 0.717) is 0 Å². The molecule has 0 spiro atoms. The van der Waals surface area contributed by atoms with Gasteiger partial charge in [-0.3, -0.25) is 9.97 Å². The van der Waals surface area contributed by atoms with Gasteiger partial charge in [-0.05, 0) is 37.6 Å². The first-order valence-electron chi connectivity index (χ1n) is 6.33. The largest absolute Gasteiger partial charge is 0.264 e. The number of nitrogens with zero attached hydrogens (tertiary/aromatic N) is 2. The Morgan fingerprint density at radius 1 is 1.20 bits per heavy atom. The lowest BCUT2D eigenvalue weighted by molar-refractivity contribution is 0.572. The summed E-state index contributed by atoms with van der Waals surface area (Å²) < 4.78 is 26.2. The van der Waals surface area contributed by atoms with Gasteiger partial charge in [0.25, 0.3) is 0 Å². The van der Waals surface area contributed by atoms with Crippen molar-refractivity contribution in [3.63, 3.8) is 0 Å². The SMILES string of the molecule is CC(C)S(=O)(=O)NCc1cccnc1-c1cccnc1. The highest BCUT2D eigenvalue weighted by molar-refractivity contribution is 7.90. The van der Waals surface area contributed by atoms with Crippen LogP contribution in [-0.4, -0.2) is 23.6 Å². The molecule has 2 heterocycles. The van der Waals surface area contributed by atoms with Gasteiger partial charge in [0.15, 0.2) is 0 Å². The number of hydrogen-bond donors (Lipinski definition) is 1. The third-order valence-corrected chi connectivity index (χ3v) is 4.70. The highest BCUT2D eigenvalue weighted by atomic mass is 32.2. The molecule has 0 aliphatic rings. The molecule has 2 aromatic heterocycles. The number of sulfonamides is 1. The third-order valence-electron chi connectivity index (χ3n) is 2.91. The van der Waals surface area contributed by atoms with Gasteiger partial charge in [0.1, 0.15) is 0 Å². The van der Waals surface area contributed by atoms with Gasteiger partial charge in [-0.1, -0.05) is 6.07 Å². The molecule has 0 unspecified atom stereocenters. The van der Waals surface area contributed by atoms with Crippen LogP contribution >= 0.6 is 0 Å². The molecule has 0 aliphatic heterocycles. The molecule has 0 atom stereocenters. The topological polar surface area (TPSA) is 72.0 Å². The Morgan fingerprint density at radius 3 is 2.60 bits per heavy atom. The summed E-state index contributed by atoms with van der Waals surface area (Å²) in [4.78, 5) is 8.38. The summed E-state index contributed by atoms with van der Waals surface area (Å²) in [6.45, 7) is 3.51. The third kappa shape index (κ3) is 3.40. The molecule has 2 rings (SSSR count). The fraction of sp³-hybridized carbons (Fsp3) is 0.286. The van der Waals surface area contributed by atoms with Gasteiger partial charge in [-0.25, -0.2) is 13.1 Å². The summed E-state index contributed by atoms with van der Waals surface area (Å²) in [5.41, 5.74) is 2.43. The van der Waals surface area contributed by atoms with Gasteiger partial charge in [-0.15, -0.1) is 0 Å². The highest BCUT2D eigenvalue weighted by Gasteiger charge is 2.16. The first-order valence-corrected chi connectivity index (χ1v) is 7.88. The lowest BCUT2D eigenvalue weighted by Gasteiger charge is -2.12. The van der Waals surface area contributed by atoms with Gasteiger partial charge in [0, 0.05) is 30.7 Å². The van der Waals surface area contributed by atoms with Crippen molar-refractivity contribution in [3.05, 3.63) is 48.4 Å². The van der Waals surface area contributed by atoms with Crippen LogP contribution in [0.3, 0.4) is 0 Å². The van der Waals surface area contributed by atoms with Crippen LogP contribution in [0, 0.1) is 0 Å². The predicted octanol–water partition coefficient (Wildman–Crippen LogP) is 1.97. The number of hydrogen-bond acceptors (Lipinski definition) is 4. The van der Waals surface area contributed by atoms with E-state index in [0.717, 1.165) is 16.8 Å². The molecule has 0 aliphatic carbocycles. The second-order valence-corrected chi connectivity index (χ2v) is 6.99. The number of pyridine rings is 2. The Kier molecular flexibility index (Phi) is 4.46. The Balaban J connectivity index is 2.26. The average Bonchev–Trinajstić information content (AvgIpc) is 2.46. The second kappa shape index (κ2) is 6.11. The minimum Gasteiger partial charge on any atom is -0.264 e. The van der Waals surface area contributed by atoms with Gasteiger partial charge >= 0.3 is 0 Å². The summed E-state index contributed by atoms with van der Waals surface area (Å²) in [6.07, 6.45) is 5.08. The molecule has 2 aromatic rings. The van der Waals surface area contributed by atoms with Crippen LogP contribution in [0.15, 0.2) is 42.9 Å². The summed E-state index contributed by atoms with van der Waals surface area (Å²) in [7, 11) is -3.29. The molecule has 0 fully saturated rings. The molecule has 0 amide bonds. The maximum absolute atomic E-state index is 11.8. The highest BCUT2D eigenvalue weighted by Crippen LogP contribution is 2.20. The van der Waals surface area contributed by atoms with Crippen molar-refractivity contribution >= 4 is 10.0 Å². The van der Waals surface area contributed by atoms with Crippen molar-refractivity contribution in [2.75, 3.05) is 0 Å². The summed E-state index contributed by atoms with van der Waals surface area (Å²) in [5.74, 6) is 0. The van der Waals surface area contributed by atoms with E-state index in [9.17, 15) is 8.42 Å². The minimum absolute atomic E-state index is 0.221. The lowest BCUT2D eigenvalue weighted by Crippen LogP contribution is -2.30. The van der Waals surface area contributed by atoms with Crippen molar-refractivity contribution in [2.24, 2.45) is 0 Å². The molecular weight excluding hydrogens is 274 g/mol. The first-order chi connectivity index (χ1) is 9.50. The van der Waals surface area contributed by atoms with Crippen LogP contribution < -0.4 is 4.72 Å². The normalized spacial score (nSPS) is 11.8. The molecule has 0 aromatic carbocycles. The number of rotatable bonds is 5. The maximum Gasteiger partial charge on any atom is 0.214 e. The van der Waals surface area contributed by atoms with Crippen LogP contribution in [0.1, 0.15) is 19.4 Å². The van der Waals surface area contributed by atoms with Crippen molar-refractivity contribution in [1.82, 2.24) is 14.7 Å². The molecule has 6 heteroatoms. The molecule has 106 valence electrons. The minimum atomic E-state index is -3.29. The van der Waals surface area contributed by atoms with E-state index in [2.05, 4.69) is 14.7 Å². The van der Waals surface area contributed by atoms with Crippen LogP contribution in [0.4, 0.5) is 0 Å². The fourth-order valence-corrected chi connectivity index (χ4v) is 2.38. The monoisotopic (exact) mass is 291 g/mol. The van der Waals surface area contributed by atoms with Crippen LogP contribution in [0.25, 0.3) is 11.3 Å². The Labute approximate surface area is 119 Å². The van der Waals surface area contributed by atoms with E-state index in [1.54, 1.807) is 38.5 Å². The van der Waals surface area contributed by atoms with E-state index in [1.807, 2.05) is 18.2 Å². The van der Waals surface area contributed by atoms with Crippen molar-refractivity contribution < 1.29 is 8.42 Å². The van der Waals surface area contributed by atoms with Crippen molar-refractivity contribution in [2.45, 2.75) is 25.6 Å². The standard InChI is InChI=1S/C14H17N3O2S/c1-11(2)20(18,19)17-10-13-6-4-8-16-14(13)12-5-3-7-15-9-12/h3-9,11,17H,10H2,1-2H3. The number of nitrogens with one attached hydrogen (secondary N) is 1. The smallest absolute Gasteiger partial charge is 0.214 e. The zero-order valence-electron chi connectivity index (χ0n) is 11.4. The molecule has 0 saturated carbocycles. The van der Waals surface area contributed by atoms with Crippen LogP contribution in [0.5, 0.6) is 0 Å². The van der Waals surface area contributed by atoms with E-state index in [-0.39, 0.29) is 6.54 Å². The maximum atomic E-state index is 11.8. The quantitative estimate of drug-likeness (QED) is 0.914. The molecular formula is C14H17N3O2S.